The van der Waals surface area contributed by atoms with Crippen LogP contribution in [0.25, 0.3) is 11.4 Å². The van der Waals surface area contributed by atoms with Gasteiger partial charge >= 0.3 is 0 Å². The van der Waals surface area contributed by atoms with E-state index in [1.54, 1.807) is 18.7 Å². The van der Waals surface area contributed by atoms with Crippen LogP contribution >= 0.6 is 0 Å². The number of pyridine rings is 1. The van der Waals surface area contributed by atoms with Gasteiger partial charge in [0.2, 0.25) is 0 Å². The van der Waals surface area contributed by atoms with Crippen LogP contribution in [0, 0.1) is 0 Å². The molecule has 1 spiro atoms. The van der Waals surface area contributed by atoms with Crippen molar-refractivity contribution in [1.29, 1.82) is 0 Å². The van der Waals surface area contributed by atoms with Crippen molar-refractivity contribution in [2.75, 3.05) is 13.1 Å². The van der Waals surface area contributed by atoms with Crippen LogP contribution in [-0.2, 0) is 18.4 Å². The van der Waals surface area contributed by atoms with E-state index < -0.39 is 0 Å². The second-order valence-corrected chi connectivity index (χ2v) is 7.62. The Morgan fingerprint density at radius 1 is 1.15 bits per heavy atom. The maximum atomic E-state index is 12.7. The van der Waals surface area contributed by atoms with Crippen molar-refractivity contribution in [2.45, 2.75) is 37.6 Å². The van der Waals surface area contributed by atoms with Crippen LogP contribution in [-0.4, -0.2) is 42.9 Å². The van der Waals surface area contributed by atoms with Crippen molar-refractivity contribution in [2.24, 2.45) is 0 Å². The molecule has 1 saturated heterocycles. The summed E-state index contributed by atoms with van der Waals surface area (Å²) < 4.78 is 0. The van der Waals surface area contributed by atoms with E-state index in [9.17, 15) is 4.79 Å². The number of hydrogen-bond donors (Lipinski definition) is 2. The quantitative estimate of drug-likeness (QED) is 0.744. The Bertz CT molecular complexity index is 987. The summed E-state index contributed by atoms with van der Waals surface area (Å²) in [7, 11) is 0. The smallest absolute Gasteiger partial charge is 0.254 e. The van der Waals surface area contributed by atoms with Gasteiger partial charge in [0.05, 0.1) is 12.0 Å². The van der Waals surface area contributed by atoms with Gasteiger partial charge in [0.15, 0.2) is 0 Å². The van der Waals surface area contributed by atoms with E-state index >= 15 is 0 Å². The molecule has 2 N–H and O–H groups in total. The van der Waals surface area contributed by atoms with Crippen molar-refractivity contribution < 1.29 is 0 Å². The summed E-state index contributed by atoms with van der Waals surface area (Å²) in [6, 6.07) is 3.80. The fourth-order valence-electron chi connectivity index (χ4n) is 4.53. The minimum Gasteiger partial charge on any atom is -0.347 e. The van der Waals surface area contributed by atoms with Gasteiger partial charge < -0.3 is 9.97 Å². The molecule has 4 heterocycles. The van der Waals surface area contributed by atoms with Crippen LogP contribution in [0.15, 0.2) is 41.8 Å². The number of H-pyrrole nitrogens is 2. The molecule has 0 amide bonds. The molecule has 1 aliphatic carbocycles. The van der Waals surface area contributed by atoms with Gasteiger partial charge in [0.1, 0.15) is 5.82 Å². The molecular formula is C20H22N6O. The fraction of sp³-hybridized carbons (Fsp3) is 0.400. The lowest BCUT2D eigenvalue weighted by atomic mass is 9.76. The Kier molecular flexibility index (Phi) is 3.89. The summed E-state index contributed by atoms with van der Waals surface area (Å²) in [5.74, 6) is 0.632. The standard InChI is InChI=1S/C20H22N6O/c27-19-16-3-4-20(5-8-26(9-6-20)12-15-11-22-13-23-15)17(16)24-18(25-19)14-2-1-7-21-10-14/h1-2,7,10-11,13H,3-6,8-9,12H2,(H,22,23)(H,24,25,27). The molecule has 0 saturated carbocycles. The minimum absolute atomic E-state index is 0.00983. The van der Waals surface area contributed by atoms with Crippen molar-refractivity contribution in [3.8, 4) is 11.4 Å². The van der Waals surface area contributed by atoms with Gasteiger partial charge in [-0.05, 0) is 50.9 Å². The minimum atomic E-state index is 0.00983. The third-order valence-corrected chi connectivity index (χ3v) is 6.07. The highest BCUT2D eigenvalue weighted by Gasteiger charge is 2.44. The summed E-state index contributed by atoms with van der Waals surface area (Å²) in [5, 5.41) is 0. The first kappa shape index (κ1) is 16.4. The maximum absolute atomic E-state index is 12.7. The van der Waals surface area contributed by atoms with Crippen LogP contribution in [0.4, 0.5) is 0 Å². The highest BCUT2D eigenvalue weighted by atomic mass is 16.1. The number of imidazole rings is 1. The van der Waals surface area contributed by atoms with Gasteiger partial charge in [-0.2, -0.15) is 0 Å². The molecule has 2 aliphatic rings. The average Bonchev–Trinajstić information content (AvgIpc) is 3.33. The van der Waals surface area contributed by atoms with Crippen LogP contribution in [0.3, 0.4) is 0 Å². The second kappa shape index (κ2) is 6.42. The summed E-state index contributed by atoms with van der Waals surface area (Å²) in [6.45, 7) is 2.91. The van der Waals surface area contributed by atoms with E-state index in [0.717, 1.165) is 67.8 Å². The normalized spacial score (nSPS) is 18.7. The van der Waals surface area contributed by atoms with Gasteiger partial charge in [-0.3, -0.25) is 14.7 Å². The van der Waals surface area contributed by atoms with Crippen molar-refractivity contribution in [3.63, 3.8) is 0 Å². The van der Waals surface area contributed by atoms with E-state index in [-0.39, 0.29) is 11.0 Å². The van der Waals surface area contributed by atoms with Gasteiger partial charge in [0.25, 0.3) is 5.56 Å². The zero-order valence-corrected chi connectivity index (χ0v) is 15.1. The Balaban J connectivity index is 1.43. The molecule has 0 bridgehead atoms. The number of likely N-dealkylation sites (tertiary alicyclic amines) is 1. The van der Waals surface area contributed by atoms with Crippen LogP contribution in [0.2, 0.25) is 0 Å². The van der Waals surface area contributed by atoms with Crippen LogP contribution in [0.1, 0.15) is 36.2 Å². The topological polar surface area (TPSA) is 90.6 Å². The number of aromatic amines is 2. The zero-order chi connectivity index (χ0) is 18.3. The van der Waals surface area contributed by atoms with Crippen LogP contribution < -0.4 is 5.56 Å². The number of aromatic nitrogens is 5. The molecule has 0 unspecified atom stereocenters. The second-order valence-electron chi connectivity index (χ2n) is 7.62. The van der Waals surface area contributed by atoms with E-state index in [4.69, 9.17) is 4.98 Å². The number of hydrogen-bond acceptors (Lipinski definition) is 5. The van der Waals surface area contributed by atoms with Crippen molar-refractivity contribution in [1.82, 2.24) is 29.8 Å². The number of piperidine rings is 1. The molecule has 7 heteroatoms. The Labute approximate surface area is 156 Å². The number of nitrogens with zero attached hydrogens (tertiary/aromatic N) is 4. The molecule has 7 nitrogen and oxygen atoms in total. The molecular weight excluding hydrogens is 340 g/mol. The number of nitrogens with one attached hydrogen (secondary N) is 2. The Hall–Kier alpha value is -2.80. The molecule has 0 atom stereocenters. The highest BCUT2D eigenvalue weighted by Crippen LogP contribution is 2.44. The molecule has 1 aliphatic heterocycles. The largest absolute Gasteiger partial charge is 0.347 e. The zero-order valence-electron chi connectivity index (χ0n) is 15.1. The monoisotopic (exact) mass is 362 g/mol. The van der Waals surface area contributed by atoms with Gasteiger partial charge in [-0.1, -0.05) is 0 Å². The Morgan fingerprint density at radius 3 is 2.78 bits per heavy atom. The maximum Gasteiger partial charge on any atom is 0.254 e. The van der Waals surface area contributed by atoms with Crippen molar-refractivity contribution >= 4 is 0 Å². The molecule has 0 aromatic carbocycles. The van der Waals surface area contributed by atoms with Gasteiger partial charge in [-0.15, -0.1) is 0 Å². The van der Waals surface area contributed by atoms with E-state index in [1.165, 1.54) is 0 Å². The van der Waals surface area contributed by atoms with E-state index in [2.05, 4.69) is 24.8 Å². The first-order valence-corrected chi connectivity index (χ1v) is 9.47. The molecule has 5 rings (SSSR count). The number of rotatable bonds is 3. The van der Waals surface area contributed by atoms with Crippen molar-refractivity contribution in [3.05, 3.63) is 64.4 Å². The van der Waals surface area contributed by atoms with Crippen LogP contribution in [0.5, 0.6) is 0 Å². The third-order valence-electron chi connectivity index (χ3n) is 6.07. The third kappa shape index (κ3) is 2.88. The van der Waals surface area contributed by atoms with E-state index in [1.807, 2.05) is 18.3 Å². The fourth-order valence-corrected chi connectivity index (χ4v) is 4.53. The first-order valence-electron chi connectivity index (χ1n) is 9.47. The Morgan fingerprint density at radius 2 is 2.04 bits per heavy atom. The predicted molar refractivity (Wildman–Crippen MR) is 101 cm³/mol. The summed E-state index contributed by atoms with van der Waals surface area (Å²) >= 11 is 0. The first-order chi connectivity index (χ1) is 13.2. The predicted octanol–water partition coefficient (Wildman–Crippen LogP) is 2.04. The molecule has 1 fully saturated rings. The van der Waals surface area contributed by atoms with Gasteiger partial charge in [0, 0.05) is 47.4 Å². The molecule has 0 radical (unpaired) electrons. The highest BCUT2D eigenvalue weighted by molar-refractivity contribution is 5.54. The lowest BCUT2D eigenvalue weighted by Gasteiger charge is -2.39. The molecule has 3 aromatic rings. The molecule has 138 valence electrons. The van der Waals surface area contributed by atoms with E-state index in [0.29, 0.717) is 5.82 Å². The number of fused-ring (bicyclic) bond motifs is 2. The SMILES string of the molecule is O=c1[nH]c(-c2cccnc2)nc2c1CCC21CCN(Cc2cnc[nH]2)CC1. The summed E-state index contributed by atoms with van der Waals surface area (Å²) in [4.78, 5) is 34.4. The molecule has 3 aromatic heterocycles. The lowest BCUT2D eigenvalue weighted by Crippen LogP contribution is -2.41. The summed E-state index contributed by atoms with van der Waals surface area (Å²) in [6.07, 6.45) is 11.0. The van der Waals surface area contributed by atoms with Gasteiger partial charge in [-0.25, -0.2) is 9.97 Å². The summed E-state index contributed by atoms with van der Waals surface area (Å²) in [5.41, 5.74) is 3.94. The molecule has 27 heavy (non-hydrogen) atoms. The average molecular weight is 362 g/mol. The lowest BCUT2D eigenvalue weighted by molar-refractivity contribution is 0.149.